The van der Waals surface area contributed by atoms with E-state index in [1.165, 1.54) is 11.3 Å². The number of hydrogen-bond donors (Lipinski definition) is 0. The average Bonchev–Trinajstić information content (AvgIpc) is 2.88. The number of carbonyl (C=O) groups excluding carboxylic acids is 2. The summed E-state index contributed by atoms with van der Waals surface area (Å²) in [7, 11) is 0. The third kappa shape index (κ3) is 2.12. The number of aryl methyl sites for hydroxylation is 1. The van der Waals surface area contributed by atoms with Crippen LogP contribution in [0.4, 0.5) is 0 Å². The van der Waals surface area contributed by atoms with Gasteiger partial charge in [-0.15, -0.1) is 11.3 Å². The standard InChI is InChI=1S/C19H18ClNO2S/c1-9-15(21-18(24-9)10-4-6-11(20)7-5-10)14-16(22)12-8-13(17(14)23)19(12,2)3/h4-7,12-14H,8H2,1-3H3/t12-,13+,14?. The van der Waals surface area contributed by atoms with E-state index >= 15 is 0 Å². The average molecular weight is 360 g/mol. The maximum atomic E-state index is 12.9. The molecule has 5 rings (SSSR count). The van der Waals surface area contributed by atoms with Crippen LogP contribution in [0.5, 0.6) is 0 Å². The second-order valence-corrected chi connectivity index (χ2v) is 9.01. The third-order valence-corrected chi connectivity index (χ3v) is 7.01. The highest BCUT2D eigenvalue weighted by atomic mass is 35.5. The van der Waals surface area contributed by atoms with Crippen molar-refractivity contribution in [1.82, 2.24) is 4.98 Å². The van der Waals surface area contributed by atoms with Gasteiger partial charge in [-0.1, -0.05) is 37.6 Å². The van der Waals surface area contributed by atoms with E-state index in [0.29, 0.717) is 17.1 Å². The van der Waals surface area contributed by atoms with Crippen LogP contribution in [0.25, 0.3) is 10.6 Å². The van der Waals surface area contributed by atoms with Crippen molar-refractivity contribution >= 4 is 34.5 Å². The van der Waals surface area contributed by atoms with Gasteiger partial charge in [0.05, 0.1) is 5.69 Å². The molecule has 0 N–H and O–H groups in total. The first-order chi connectivity index (χ1) is 11.3. The Balaban J connectivity index is 1.72. The second-order valence-electron chi connectivity index (χ2n) is 7.37. The van der Waals surface area contributed by atoms with Gasteiger partial charge in [-0.3, -0.25) is 9.59 Å². The van der Waals surface area contributed by atoms with E-state index in [1.54, 1.807) is 0 Å². The number of carbonyl (C=O) groups is 2. The Morgan fingerprint density at radius 3 is 2.25 bits per heavy atom. The quantitative estimate of drug-likeness (QED) is 0.732. The lowest BCUT2D eigenvalue weighted by atomic mass is 9.45. The Bertz CT molecular complexity index is 829. The minimum absolute atomic E-state index is 0.00900. The van der Waals surface area contributed by atoms with E-state index < -0.39 is 5.92 Å². The molecule has 5 heteroatoms. The number of thiazole rings is 1. The van der Waals surface area contributed by atoms with Gasteiger partial charge in [0.1, 0.15) is 10.9 Å². The molecule has 1 aromatic heterocycles. The molecule has 1 heterocycles. The molecule has 3 nitrogen and oxygen atoms in total. The predicted octanol–water partition coefficient (Wildman–Crippen LogP) is 4.67. The van der Waals surface area contributed by atoms with Crippen LogP contribution in [0, 0.1) is 24.2 Å². The Labute approximate surface area is 150 Å². The first kappa shape index (κ1) is 16.0. The van der Waals surface area contributed by atoms with E-state index in [4.69, 9.17) is 11.6 Å². The fraction of sp³-hybridized carbons (Fsp3) is 0.421. The number of nitrogens with zero attached hydrogens (tertiary/aromatic N) is 1. The maximum Gasteiger partial charge on any atom is 0.153 e. The van der Waals surface area contributed by atoms with Crippen molar-refractivity contribution in [3.63, 3.8) is 0 Å². The molecule has 2 bridgehead atoms. The number of ketones is 2. The highest BCUT2D eigenvalue weighted by Gasteiger charge is 2.63. The minimum Gasteiger partial charge on any atom is -0.298 e. The van der Waals surface area contributed by atoms with Crippen molar-refractivity contribution in [3.05, 3.63) is 39.9 Å². The summed E-state index contributed by atoms with van der Waals surface area (Å²) in [5, 5.41) is 1.51. The van der Waals surface area contributed by atoms with Gasteiger partial charge in [0.25, 0.3) is 0 Å². The molecule has 3 atom stereocenters. The summed E-state index contributed by atoms with van der Waals surface area (Å²) in [5.74, 6) is -0.568. The SMILES string of the molecule is Cc1sc(-c2ccc(Cl)cc2)nc1C1C(=O)[C@H]2C[C@@H](C1=O)C2(C)C. The number of Topliss-reactive ketones (excluding diaryl/α,β-unsaturated/α-hetero) is 2. The van der Waals surface area contributed by atoms with Gasteiger partial charge in [-0.05, 0) is 30.9 Å². The lowest BCUT2D eigenvalue weighted by Crippen LogP contribution is -2.60. The van der Waals surface area contributed by atoms with Gasteiger partial charge in [-0.2, -0.15) is 0 Å². The van der Waals surface area contributed by atoms with Gasteiger partial charge in [-0.25, -0.2) is 4.98 Å². The van der Waals surface area contributed by atoms with Crippen molar-refractivity contribution in [2.75, 3.05) is 0 Å². The highest BCUT2D eigenvalue weighted by Crippen LogP contribution is 2.59. The molecule has 3 aliphatic carbocycles. The molecule has 124 valence electrons. The molecule has 3 aliphatic rings. The maximum absolute atomic E-state index is 12.9. The van der Waals surface area contributed by atoms with Gasteiger partial charge < -0.3 is 0 Å². The fourth-order valence-electron chi connectivity index (χ4n) is 4.10. The highest BCUT2D eigenvalue weighted by molar-refractivity contribution is 7.15. The molecule has 3 saturated carbocycles. The molecule has 24 heavy (non-hydrogen) atoms. The Hall–Kier alpha value is -1.52. The Morgan fingerprint density at radius 2 is 1.71 bits per heavy atom. The first-order valence-corrected chi connectivity index (χ1v) is 9.31. The summed E-state index contributed by atoms with van der Waals surface area (Å²) in [6.07, 6.45) is 0.717. The number of hydrogen-bond acceptors (Lipinski definition) is 4. The van der Waals surface area contributed by atoms with E-state index in [-0.39, 0.29) is 28.8 Å². The normalized spacial score (nSPS) is 27.9. The van der Waals surface area contributed by atoms with Crippen molar-refractivity contribution in [3.8, 4) is 10.6 Å². The second kappa shape index (κ2) is 5.24. The summed E-state index contributed by atoms with van der Waals surface area (Å²) in [5.41, 5.74) is 1.43. The van der Waals surface area contributed by atoms with Crippen LogP contribution in [-0.4, -0.2) is 16.6 Å². The fourth-order valence-corrected chi connectivity index (χ4v) is 5.18. The molecular weight excluding hydrogens is 342 g/mol. The summed E-state index contributed by atoms with van der Waals surface area (Å²) in [6, 6.07) is 7.47. The third-order valence-electron chi connectivity index (χ3n) is 5.72. The van der Waals surface area contributed by atoms with Gasteiger partial charge in [0.2, 0.25) is 0 Å². The van der Waals surface area contributed by atoms with Gasteiger partial charge in [0, 0.05) is 27.3 Å². The van der Waals surface area contributed by atoms with E-state index in [9.17, 15) is 9.59 Å². The van der Waals surface area contributed by atoms with E-state index in [1.807, 2.05) is 45.0 Å². The van der Waals surface area contributed by atoms with Crippen LogP contribution in [0.15, 0.2) is 24.3 Å². The molecule has 1 unspecified atom stereocenters. The van der Waals surface area contributed by atoms with Gasteiger partial charge >= 0.3 is 0 Å². The van der Waals surface area contributed by atoms with Crippen molar-refractivity contribution in [2.24, 2.45) is 17.3 Å². The Kier molecular flexibility index (Phi) is 3.49. The molecule has 2 aromatic rings. The topological polar surface area (TPSA) is 47.0 Å². The number of rotatable bonds is 2. The van der Waals surface area contributed by atoms with Crippen LogP contribution >= 0.6 is 22.9 Å². The smallest absolute Gasteiger partial charge is 0.153 e. The minimum atomic E-state index is -0.668. The summed E-state index contributed by atoms with van der Waals surface area (Å²) in [4.78, 5) is 31.3. The first-order valence-electron chi connectivity index (χ1n) is 8.11. The summed E-state index contributed by atoms with van der Waals surface area (Å²) < 4.78 is 0. The lowest BCUT2D eigenvalue weighted by molar-refractivity contribution is -0.163. The number of benzene rings is 1. The molecule has 0 radical (unpaired) electrons. The molecule has 0 aliphatic heterocycles. The van der Waals surface area contributed by atoms with Crippen molar-refractivity contribution < 1.29 is 9.59 Å². The summed E-state index contributed by atoms with van der Waals surface area (Å²) >= 11 is 7.47. The molecule has 1 aromatic carbocycles. The van der Waals surface area contributed by atoms with Gasteiger partial charge in [0.15, 0.2) is 11.6 Å². The largest absolute Gasteiger partial charge is 0.298 e. The predicted molar refractivity (Wildman–Crippen MR) is 95.4 cm³/mol. The van der Waals surface area contributed by atoms with Crippen molar-refractivity contribution in [2.45, 2.75) is 33.1 Å². The molecule has 0 amide bonds. The monoisotopic (exact) mass is 359 g/mol. The van der Waals surface area contributed by atoms with Crippen LogP contribution in [0.1, 0.15) is 36.8 Å². The zero-order valence-corrected chi connectivity index (χ0v) is 15.4. The van der Waals surface area contributed by atoms with Crippen LogP contribution in [-0.2, 0) is 9.59 Å². The summed E-state index contributed by atoms with van der Waals surface area (Å²) in [6.45, 7) is 6.01. The molecule has 0 saturated heterocycles. The van der Waals surface area contributed by atoms with Crippen molar-refractivity contribution in [1.29, 1.82) is 0 Å². The van der Waals surface area contributed by atoms with E-state index in [0.717, 1.165) is 15.4 Å². The van der Waals surface area contributed by atoms with Crippen LogP contribution in [0.3, 0.4) is 0 Å². The number of fused-ring (bicyclic) bond motifs is 2. The zero-order chi connectivity index (χ0) is 17.2. The van der Waals surface area contributed by atoms with E-state index in [2.05, 4.69) is 4.98 Å². The molecule has 0 spiro atoms. The zero-order valence-electron chi connectivity index (χ0n) is 13.8. The number of halogens is 1. The Morgan fingerprint density at radius 1 is 1.12 bits per heavy atom. The van der Waals surface area contributed by atoms with Crippen LogP contribution in [0.2, 0.25) is 5.02 Å². The molecular formula is C19H18ClNO2S. The van der Waals surface area contributed by atoms with Crippen LogP contribution < -0.4 is 0 Å². The molecule has 3 fully saturated rings. The number of aromatic nitrogens is 1. The lowest BCUT2D eigenvalue weighted by Gasteiger charge is -2.55.